The monoisotopic (exact) mass is 324 g/mol. The Kier molecular flexibility index (Phi) is 4.55. The molecule has 0 N–H and O–H groups in total. The van der Waals surface area contributed by atoms with Gasteiger partial charge in [0.05, 0.1) is 10.4 Å². The van der Waals surface area contributed by atoms with Crippen LogP contribution >= 0.6 is 22.9 Å². The lowest BCUT2D eigenvalue weighted by atomic mass is 10.1. The van der Waals surface area contributed by atoms with Gasteiger partial charge in [0.2, 0.25) is 5.91 Å². The minimum absolute atomic E-state index is 0.212. The van der Waals surface area contributed by atoms with Gasteiger partial charge in [-0.25, -0.2) is 9.67 Å². The predicted molar refractivity (Wildman–Crippen MR) is 82.5 cm³/mol. The van der Waals surface area contributed by atoms with Crippen LogP contribution in [0.5, 0.6) is 0 Å². The van der Waals surface area contributed by atoms with Crippen molar-refractivity contribution in [2.75, 3.05) is 13.1 Å². The van der Waals surface area contributed by atoms with Crippen LogP contribution in [0.15, 0.2) is 24.8 Å². The number of thiophene rings is 1. The Morgan fingerprint density at radius 1 is 1.48 bits per heavy atom. The molecule has 0 radical (unpaired) electrons. The number of nitrogens with zero attached hydrogens (tertiary/aromatic N) is 4. The van der Waals surface area contributed by atoms with Gasteiger partial charge in [0.1, 0.15) is 12.7 Å². The molecule has 1 aliphatic heterocycles. The van der Waals surface area contributed by atoms with Gasteiger partial charge in [-0.2, -0.15) is 5.10 Å². The van der Waals surface area contributed by atoms with E-state index in [1.807, 2.05) is 21.7 Å². The van der Waals surface area contributed by atoms with E-state index in [9.17, 15) is 4.79 Å². The second-order valence-corrected chi connectivity index (χ2v) is 7.02. The molecular formula is C14H17ClN4OS. The molecule has 0 spiro atoms. The number of carbonyl (C=O) groups is 1. The molecule has 0 bridgehead atoms. The standard InChI is InChI=1S/C14H17ClN4OS/c15-13-5-3-12(21-13)4-6-14(20)18-7-1-2-11(8-18)19-10-16-9-17-19/h3,5,9-11H,1-2,4,6-8H2/t11-/m1/s1. The lowest BCUT2D eigenvalue weighted by Crippen LogP contribution is -2.40. The number of halogens is 1. The molecule has 1 aliphatic rings. The van der Waals surface area contributed by atoms with Gasteiger partial charge in [0.15, 0.2) is 0 Å². The van der Waals surface area contributed by atoms with Crippen molar-refractivity contribution in [2.24, 2.45) is 0 Å². The van der Waals surface area contributed by atoms with Gasteiger partial charge in [0.25, 0.3) is 0 Å². The van der Waals surface area contributed by atoms with Crippen LogP contribution in [0.4, 0.5) is 0 Å². The van der Waals surface area contributed by atoms with Gasteiger partial charge in [-0.3, -0.25) is 4.79 Å². The summed E-state index contributed by atoms with van der Waals surface area (Å²) in [7, 11) is 0. The van der Waals surface area contributed by atoms with Crippen molar-refractivity contribution < 1.29 is 4.79 Å². The van der Waals surface area contributed by atoms with Crippen molar-refractivity contribution in [1.29, 1.82) is 0 Å². The van der Waals surface area contributed by atoms with Crippen LogP contribution in [0.25, 0.3) is 0 Å². The Labute approximate surface area is 132 Å². The van der Waals surface area contributed by atoms with E-state index >= 15 is 0 Å². The van der Waals surface area contributed by atoms with Crippen molar-refractivity contribution in [3.05, 3.63) is 34.0 Å². The quantitative estimate of drug-likeness (QED) is 0.869. The van der Waals surface area contributed by atoms with Gasteiger partial charge in [-0.15, -0.1) is 11.3 Å². The first-order chi connectivity index (χ1) is 10.2. The Balaban J connectivity index is 1.54. The SMILES string of the molecule is O=C(CCc1ccc(Cl)s1)N1CCC[C@@H](n2cncn2)C1. The van der Waals surface area contributed by atoms with E-state index in [4.69, 9.17) is 11.6 Å². The van der Waals surface area contributed by atoms with Crippen molar-refractivity contribution >= 4 is 28.8 Å². The van der Waals surface area contributed by atoms with Crippen molar-refractivity contribution in [3.8, 4) is 0 Å². The summed E-state index contributed by atoms with van der Waals surface area (Å²) in [6, 6.07) is 4.13. The first kappa shape index (κ1) is 14.5. The van der Waals surface area contributed by atoms with Crippen molar-refractivity contribution in [1.82, 2.24) is 19.7 Å². The number of hydrogen-bond acceptors (Lipinski definition) is 4. The lowest BCUT2D eigenvalue weighted by Gasteiger charge is -2.32. The van der Waals surface area contributed by atoms with Crippen LogP contribution in [0.1, 0.15) is 30.2 Å². The van der Waals surface area contributed by atoms with E-state index in [-0.39, 0.29) is 11.9 Å². The highest BCUT2D eigenvalue weighted by Crippen LogP contribution is 2.24. The summed E-state index contributed by atoms with van der Waals surface area (Å²) in [4.78, 5) is 19.4. The Morgan fingerprint density at radius 2 is 2.38 bits per heavy atom. The van der Waals surface area contributed by atoms with E-state index in [1.54, 1.807) is 24.0 Å². The van der Waals surface area contributed by atoms with Crippen LogP contribution in [-0.2, 0) is 11.2 Å². The molecule has 1 fully saturated rings. The molecule has 2 aromatic heterocycles. The van der Waals surface area contributed by atoms with Gasteiger partial charge in [-0.1, -0.05) is 11.6 Å². The molecule has 7 heteroatoms. The minimum Gasteiger partial charge on any atom is -0.341 e. The average molecular weight is 325 g/mol. The van der Waals surface area contributed by atoms with Gasteiger partial charge >= 0.3 is 0 Å². The van der Waals surface area contributed by atoms with Crippen LogP contribution in [0, 0.1) is 0 Å². The van der Waals surface area contributed by atoms with Crippen LogP contribution in [0.2, 0.25) is 4.34 Å². The number of amides is 1. The zero-order valence-corrected chi connectivity index (χ0v) is 13.2. The summed E-state index contributed by atoms with van der Waals surface area (Å²) in [5.74, 6) is 0.212. The molecule has 1 saturated heterocycles. The van der Waals surface area contributed by atoms with Gasteiger partial charge < -0.3 is 4.90 Å². The second kappa shape index (κ2) is 6.58. The predicted octanol–water partition coefficient (Wildman–Crippen LogP) is 2.79. The van der Waals surface area contributed by atoms with Gasteiger partial charge in [-0.05, 0) is 31.4 Å². The third kappa shape index (κ3) is 3.63. The zero-order chi connectivity index (χ0) is 14.7. The smallest absolute Gasteiger partial charge is 0.223 e. The molecule has 1 atom stereocenters. The first-order valence-electron chi connectivity index (χ1n) is 7.08. The molecule has 0 saturated carbocycles. The van der Waals surface area contributed by atoms with Crippen LogP contribution in [-0.4, -0.2) is 38.7 Å². The molecule has 3 rings (SSSR count). The molecule has 0 unspecified atom stereocenters. The molecule has 2 aromatic rings. The maximum Gasteiger partial charge on any atom is 0.223 e. The maximum atomic E-state index is 12.3. The fourth-order valence-electron chi connectivity index (χ4n) is 2.68. The van der Waals surface area contributed by atoms with E-state index in [0.29, 0.717) is 6.42 Å². The first-order valence-corrected chi connectivity index (χ1v) is 8.28. The molecule has 3 heterocycles. The van der Waals surface area contributed by atoms with Crippen molar-refractivity contribution in [3.63, 3.8) is 0 Å². The average Bonchev–Trinajstić information content (AvgIpc) is 3.16. The summed E-state index contributed by atoms with van der Waals surface area (Å²) in [5, 5.41) is 4.18. The molecule has 112 valence electrons. The van der Waals surface area contributed by atoms with Crippen LogP contribution in [0.3, 0.4) is 0 Å². The Hall–Kier alpha value is -1.40. The van der Waals surface area contributed by atoms with E-state index in [1.165, 1.54) is 0 Å². The summed E-state index contributed by atoms with van der Waals surface area (Å²) in [5.41, 5.74) is 0. The number of hydrogen-bond donors (Lipinski definition) is 0. The summed E-state index contributed by atoms with van der Waals surface area (Å²) in [6.45, 7) is 1.57. The Bertz CT molecular complexity index is 598. The highest BCUT2D eigenvalue weighted by molar-refractivity contribution is 7.16. The number of carbonyl (C=O) groups excluding carboxylic acids is 1. The Morgan fingerprint density at radius 3 is 3.10 bits per heavy atom. The molecule has 0 aliphatic carbocycles. The summed E-state index contributed by atoms with van der Waals surface area (Å²) in [6.07, 6.45) is 6.64. The normalized spacial score (nSPS) is 18.9. The molecule has 1 amide bonds. The third-order valence-electron chi connectivity index (χ3n) is 3.77. The van der Waals surface area contributed by atoms with E-state index in [0.717, 1.165) is 41.6 Å². The molecule has 5 nitrogen and oxygen atoms in total. The van der Waals surface area contributed by atoms with E-state index in [2.05, 4.69) is 10.1 Å². The fourth-order valence-corrected chi connectivity index (χ4v) is 3.76. The summed E-state index contributed by atoms with van der Waals surface area (Å²) >= 11 is 7.46. The van der Waals surface area contributed by atoms with Crippen molar-refractivity contribution in [2.45, 2.75) is 31.7 Å². The number of piperidine rings is 1. The number of aryl methyl sites for hydroxylation is 1. The highest BCUT2D eigenvalue weighted by Gasteiger charge is 2.24. The van der Waals surface area contributed by atoms with Crippen LogP contribution < -0.4 is 0 Å². The fraction of sp³-hybridized carbons (Fsp3) is 0.500. The molecule has 0 aromatic carbocycles. The number of rotatable bonds is 4. The second-order valence-electron chi connectivity index (χ2n) is 5.22. The lowest BCUT2D eigenvalue weighted by molar-refractivity contribution is -0.132. The summed E-state index contributed by atoms with van der Waals surface area (Å²) < 4.78 is 2.64. The van der Waals surface area contributed by atoms with Gasteiger partial charge in [0, 0.05) is 24.4 Å². The third-order valence-corrected chi connectivity index (χ3v) is 5.06. The number of likely N-dealkylation sites (tertiary alicyclic amines) is 1. The highest BCUT2D eigenvalue weighted by atomic mass is 35.5. The molecular weight excluding hydrogens is 308 g/mol. The maximum absolute atomic E-state index is 12.3. The topological polar surface area (TPSA) is 51.0 Å². The zero-order valence-electron chi connectivity index (χ0n) is 11.6. The minimum atomic E-state index is 0.212. The molecule has 21 heavy (non-hydrogen) atoms. The largest absolute Gasteiger partial charge is 0.341 e. The van der Waals surface area contributed by atoms with E-state index < -0.39 is 0 Å². The number of aromatic nitrogens is 3.